The summed E-state index contributed by atoms with van der Waals surface area (Å²) >= 11 is 0. The van der Waals surface area contributed by atoms with Crippen molar-refractivity contribution in [1.82, 2.24) is 4.98 Å². The number of hydrogen-bond acceptors (Lipinski definition) is 4. The van der Waals surface area contributed by atoms with E-state index < -0.39 is 0 Å². The predicted octanol–water partition coefficient (Wildman–Crippen LogP) is 3.20. The molecule has 0 aliphatic rings. The molecule has 4 nitrogen and oxygen atoms in total. The second kappa shape index (κ2) is 7.64. The average molecular weight is 286 g/mol. The molecule has 2 rings (SSSR count). The van der Waals surface area contributed by atoms with Crippen molar-refractivity contribution in [3.63, 3.8) is 0 Å². The molecule has 0 fully saturated rings. The summed E-state index contributed by atoms with van der Waals surface area (Å²) in [5.74, 6) is 0.840. The van der Waals surface area contributed by atoms with Gasteiger partial charge in [0.05, 0.1) is 26.0 Å². The van der Waals surface area contributed by atoms with Crippen LogP contribution in [-0.2, 0) is 17.7 Å². The van der Waals surface area contributed by atoms with E-state index in [4.69, 9.17) is 9.47 Å². The number of anilines is 1. The maximum absolute atomic E-state index is 5.28. The van der Waals surface area contributed by atoms with Crippen LogP contribution in [0, 0.1) is 6.92 Å². The Hall–Kier alpha value is -2.07. The minimum atomic E-state index is 0.669. The van der Waals surface area contributed by atoms with Crippen molar-refractivity contribution < 1.29 is 9.47 Å². The summed E-state index contributed by atoms with van der Waals surface area (Å²) in [6.45, 7) is 3.36. The van der Waals surface area contributed by atoms with Crippen molar-refractivity contribution >= 4 is 5.69 Å². The highest BCUT2D eigenvalue weighted by atomic mass is 16.5. The van der Waals surface area contributed by atoms with Gasteiger partial charge in [-0.1, -0.05) is 18.2 Å². The number of hydrogen-bond donors (Lipinski definition) is 1. The molecule has 2 aromatic rings. The minimum Gasteiger partial charge on any atom is -0.497 e. The first kappa shape index (κ1) is 15.3. The standard InChI is InChI=1S/C17H22N2O2/c1-13-10-16(21-3)11-15(19-13)12-18-17-7-5-4-6-14(17)8-9-20-2/h4-7,10-11,18H,8-9,12H2,1-3H3. The summed E-state index contributed by atoms with van der Waals surface area (Å²) < 4.78 is 10.4. The van der Waals surface area contributed by atoms with Gasteiger partial charge >= 0.3 is 0 Å². The first-order valence-electron chi connectivity index (χ1n) is 7.05. The van der Waals surface area contributed by atoms with E-state index in [0.717, 1.165) is 35.9 Å². The molecule has 0 unspecified atom stereocenters. The number of pyridine rings is 1. The molecule has 0 radical (unpaired) electrons. The Labute approximate surface area is 126 Å². The summed E-state index contributed by atoms with van der Waals surface area (Å²) in [6.07, 6.45) is 0.893. The van der Waals surface area contributed by atoms with Crippen molar-refractivity contribution in [3.8, 4) is 5.75 Å². The van der Waals surface area contributed by atoms with Gasteiger partial charge in [-0.3, -0.25) is 4.98 Å². The van der Waals surface area contributed by atoms with E-state index in [9.17, 15) is 0 Å². The molecule has 0 amide bonds. The Morgan fingerprint density at radius 1 is 1.14 bits per heavy atom. The van der Waals surface area contributed by atoms with Crippen LogP contribution in [0.5, 0.6) is 5.75 Å². The fourth-order valence-corrected chi connectivity index (χ4v) is 2.22. The van der Waals surface area contributed by atoms with Gasteiger partial charge in [0, 0.05) is 30.6 Å². The molecular weight excluding hydrogens is 264 g/mol. The van der Waals surface area contributed by atoms with E-state index >= 15 is 0 Å². The highest BCUT2D eigenvalue weighted by Crippen LogP contribution is 2.18. The van der Waals surface area contributed by atoms with Gasteiger partial charge in [-0.25, -0.2) is 0 Å². The van der Waals surface area contributed by atoms with Gasteiger partial charge in [0.2, 0.25) is 0 Å². The molecule has 0 bridgehead atoms. The zero-order chi connectivity index (χ0) is 15.1. The summed E-state index contributed by atoms with van der Waals surface area (Å²) in [7, 11) is 3.39. The molecule has 21 heavy (non-hydrogen) atoms. The molecule has 0 spiro atoms. The van der Waals surface area contributed by atoms with Crippen LogP contribution < -0.4 is 10.1 Å². The van der Waals surface area contributed by atoms with Crippen LogP contribution in [0.25, 0.3) is 0 Å². The van der Waals surface area contributed by atoms with Gasteiger partial charge < -0.3 is 14.8 Å². The lowest BCUT2D eigenvalue weighted by atomic mass is 10.1. The fraction of sp³-hybridized carbons (Fsp3) is 0.353. The molecule has 1 N–H and O–H groups in total. The number of nitrogens with zero attached hydrogens (tertiary/aromatic N) is 1. The van der Waals surface area contributed by atoms with Crippen LogP contribution in [0.15, 0.2) is 36.4 Å². The summed E-state index contributed by atoms with van der Waals surface area (Å²) in [5, 5.41) is 3.44. The topological polar surface area (TPSA) is 43.4 Å². The monoisotopic (exact) mass is 286 g/mol. The van der Waals surface area contributed by atoms with Gasteiger partial charge in [-0.05, 0) is 25.0 Å². The Morgan fingerprint density at radius 3 is 2.71 bits per heavy atom. The molecule has 0 saturated heterocycles. The third-order valence-electron chi connectivity index (χ3n) is 3.27. The van der Waals surface area contributed by atoms with Crippen molar-refractivity contribution in [2.45, 2.75) is 19.9 Å². The van der Waals surface area contributed by atoms with Crippen LogP contribution in [0.1, 0.15) is 17.0 Å². The zero-order valence-corrected chi connectivity index (χ0v) is 12.8. The van der Waals surface area contributed by atoms with Crippen molar-refractivity contribution in [1.29, 1.82) is 0 Å². The van der Waals surface area contributed by atoms with E-state index in [1.807, 2.05) is 31.2 Å². The number of aromatic nitrogens is 1. The average Bonchev–Trinajstić information content (AvgIpc) is 2.51. The van der Waals surface area contributed by atoms with Gasteiger partial charge in [0.25, 0.3) is 0 Å². The molecule has 0 aliphatic carbocycles. The molecule has 1 aromatic heterocycles. The van der Waals surface area contributed by atoms with E-state index in [1.165, 1.54) is 5.56 Å². The fourth-order valence-electron chi connectivity index (χ4n) is 2.22. The summed E-state index contributed by atoms with van der Waals surface area (Å²) in [5.41, 5.74) is 4.29. The number of nitrogens with one attached hydrogen (secondary N) is 1. The highest BCUT2D eigenvalue weighted by Gasteiger charge is 2.04. The van der Waals surface area contributed by atoms with E-state index in [0.29, 0.717) is 6.54 Å². The quantitative estimate of drug-likeness (QED) is 0.849. The lowest BCUT2D eigenvalue weighted by Crippen LogP contribution is -2.06. The third-order valence-corrected chi connectivity index (χ3v) is 3.27. The highest BCUT2D eigenvalue weighted by molar-refractivity contribution is 5.51. The van der Waals surface area contributed by atoms with E-state index in [1.54, 1.807) is 14.2 Å². The normalized spacial score (nSPS) is 10.4. The Kier molecular flexibility index (Phi) is 5.58. The van der Waals surface area contributed by atoms with Crippen LogP contribution in [0.3, 0.4) is 0 Å². The molecule has 4 heteroatoms. The second-order valence-corrected chi connectivity index (χ2v) is 4.89. The Bertz CT molecular complexity index is 585. The maximum Gasteiger partial charge on any atom is 0.122 e. The van der Waals surface area contributed by atoms with Crippen LogP contribution >= 0.6 is 0 Å². The number of para-hydroxylation sites is 1. The molecule has 0 saturated carbocycles. The summed E-state index contributed by atoms with van der Waals surface area (Å²) in [4.78, 5) is 4.52. The predicted molar refractivity (Wildman–Crippen MR) is 84.9 cm³/mol. The molecule has 112 valence electrons. The first-order chi connectivity index (χ1) is 10.2. The van der Waals surface area contributed by atoms with Crippen molar-refractivity contribution in [2.24, 2.45) is 0 Å². The van der Waals surface area contributed by atoms with Gasteiger partial charge in [0.15, 0.2) is 0 Å². The lowest BCUT2D eigenvalue weighted by molar-refractivity contribution is 0.202. The van der Waals surface area contributed by atoms with Gasteiger partial charge in [0.1, 0.15) is 5.75 Å². The van der Waals surface area contributed by atoms with Gasteiger partial charge in [-0.15, -0.1) is 0 Å². The molecule has 0 atom stereocenters. The van der Waals surface area contributed by atoms with E-state index in [-0.39, 0.29) is 0 Å². The molecule has 1 aromatic carbocycles. The summed E-state index contributed by atoms with van der Waals surface area (Å²) in [6, 6.07) is 12.2. The van der Waals surface area contributed by atoms with Crippen LogP contribution in [-0.4, -0.2) is 25.8 Å². The second-order valence-electron chi connectivity index (χ2n) is 4.89. The molecule has 0 aliphatic heterocycles. The molecular formula is C17H22N2O2. The number of ether oxygens (including phenoxy) is 2. The smallest absolute Gasteiger partial charge is 0.122 e. The third kappa shape index (κ3) is 4.46. The van der Waals surface area contributed by atoms with Crippen molar-refractivity contribution in [2.75, 3.05) is 26.1 Å². The largest absolute Gasteiger partial charge is 0.497 e. The maximum atomic E-state index is 5.28. The van der Waals surface area contributed by atoms with Crippen LogP contribution in [0.4, 0.5) is 5.69 Å². The minimum absolute atomic E-state index is 0.669. The van der Waals surface area contributed by atoms with Gasteiger partial charge in [-0.2, -0.15) is 0 Å². The van der Waals surface area contributed by atoms with Crippen molar-refractivity contribution in [3.05, 3.63) is 53.3 Å². The SMILES string of the molecule is COCCc1ccccc1NCc1cc(OC)cc(C)n1. The Morgan fingerprint density at radius 2 is 1.95 bits per heavy atom. The Balaban J connectivity index is 2.07. The number of benzene rings is 1. The van der Waals surface area contributed by atoms with E-state index in [2.05, 4.69) is 22.4 Å². The molecule has 1 heterocycles. The number of methoxy groups -OCH3 is 2. The van der Waals surface area contributed by atoms with Crippen LogP contribution in [0.2, 0.25) is 0 Å². The zero-order valence-electron chi connectivity index (χ0n) is 12.8. The number of aryl methyl sites for hydroxylation is 1. The first-order valence-corrected chi connectivity index (χ1v) is 7.05. The number of rotatable bonds is 7. The lowest BCUT2D eigenvalue weighted by Gasteiger charge is -2.12.